The number of carbonyl (C=O) groups is 1. The third-order valence-electron chi connectivity index (χ3n) is 4.10. The zero-order valence-electron chi connectivity index (χ0n) is 15.1. The molecule has 136 valence electrons. The van der Waals surface area contributed by atoms with Gasteiger partial charge in [0.05, 0.1) is 12.7 Å². The fourth-order valence-electron chi connectivity index (χ4n) is 2.63. The van der Waals surface area contributed by atoms with Gasteiger partial charge in [0, 0.05) is 11.6 Å². The first kappa shape index (κ1) is 19.8. The number of benzene rings is 2. The highest BCUT2D eigenvalue weighted by Crippen LogP contribution is 2.26. The number of nitrogens with one attached hydrogen (secondary N) is 1. The average Bonchev–Trinajstić information content (AvgIpc) is 2.65. The van der Waals surface area contributed by atoms with E-state index < -0.39 is 5.92 Å². The van der Waals surface area contributed by atoms with Crippen LogP contribution < -0.4 is 10.1 Å². The van der Waals surface area contributed by atoms with Crippen molar-refractivity contribution < 1.29 is 9.53 Å². The van der Waals surface area contributed by atoms with Crippen molar-refractivity contribution in [3.8, 4) is 11.8 Å². The Bertz CT molecular complexity index is 761. The molecule has 1 unspecified atom stereocenters. The minimum Gasteiger partial charge on any atom is -0.494 e. The van der Waals surface area contributed by atoms with Crippen LogP contribution in [0.15, 0.2) is 42.5 Å². The molecule has 0 aliphatic carbocycles. The van der Waals surface area contributed by atoms with Gasteiger partial charge in [-0.1, -0.05) is 41.9 Å². The largest absolute Gasteiger partial charge is 0.494 e. The Labute approximate surface area is 159 Å². The van der Waals surface area contributed by atoms with Crippen LogP contribution in [0.3, 0.4) is 0 Å². The molecule has 0 aliphatic rings. The molecule has 0 saturated heterocycles. The molecule has 1 N–H and O–H groups in total. The highest BCUT2D eigenvalue weighted by atomic mass is 35.5. The van der Waals surface area contributed by atoms with Gasteiger partial charge >= 0.3 is 0 Å². The summed E-state index contributed by atoms with van der Waals surface area (Å²) >= 11 is 6.14. The van der Waals surface area contributed by atoms with Crippen molar-refractivity contribution in [1.82, 2.24) is 5.32 Å². The quantitative estimate of drug-likeness (QED) is 0.692. The van der Waals surface area contributed by atoms with Gasteiger partial charge in [-0.3, -0.25) is 4.79 Å². The Kier molecular flexibility index (Phi) is 7.50. The van der Waals surface area contributed by atoms with Crippen LogP contribution in [0.5, 0.6) is 5.75 Å². The first-order chi connectivity index (χ1) is 12.5. The Morgan fingerprint density at radius 1 is 1.23 bits per heavy atom. The number of rotatable bonds is 8. The number of nitrogens with zero attached hydrogens (tertiary/aromatic N) is 1. The summed E-state index contributed by atoms with van der Waals surface area (Å²) in [5, 5.41) is 12.8. The van der Waals surface area contributed by atoms with Crippen molar-refractivity contribution in [2.75, 3.05) is 6.61 Å². The lowest BCUT2D eigenvalue weighted by Gasteiger charge is -2.12. The zero-order chi connectivity index (χ0) is 18.9. The minimum absolute atomic E-state index is 0.241. The molecule has 5 heteroatoms. The molecular formula is C21H23ClN2O2. The Balaban J connectivity index is 1.76. The lowest BCUT2D eigenvalue weighted by Crippen LogP contribution is -2.29. The van der Waals surface area contributed by atoms with E-state index in [0.717, 1.165) is 27.5 Å². The topological polar surface area (TPSA) is 62.1 Å². The maximum Gasteiger partial charge on any atom is 0.237 e. The highest BCUT2D eigenvalue weighted by Gasteiger charge is 2.17. The minimum atomic E-state index is -0.670. The summed E-state index contributed by atoms with van der Waals surface area (Å²) in [6, 6.07) is 15.5. The first-order valence-electron chi connectivity index (χ1n) is 8.62. The second kappa shape index (κ2) is 9.84. The summed E-state index contributed by atoms with van der Waals surface area (Å²) in [5.41, 5.74) is 2.95. The molecule has 0 aliphatic heterocycles. The van der Waals surface area contributed by atoms with Crippen LogP contribution >= 0.6 is 11.6 Å². The fourth-order valence-corrected chi connectivity index (χ4v) is 2.74. The van der Waals surface area contributed by atoms with Crippen LogP contribution in [0.25, 0.3) is 0 Å². The van der Waals surface area contributed by atoms with Crippen molar-refractivity contribution in [2.45, 2.75) is 33.2 Å². The Morgan fingerprint density at radius 3 is 2.50 bits per heavy atom. The average molecular weight is 371 g/mol. The van der Waals surface area contributed by atoms with E-state index >= 15 is 0 Å². The van der Waals surface area contributed by atoms with Gasteiger partial charge in [0.2, 0.25) is 5.91 Å². The summed E-state index contributed by atoms with van der Waals surface area (Å²) in [7, 11) is 0. The molecule has 0 fully saturated rings. The molecule has 0 heterocycles. The Hall–Kier alpha value is -2.51. The molecule has 2 rings (SSSR count). The molecule has 26 heavy (non-hydrogen) atoms. The number of carbonyl (C=O) groups excluding carboxylic acids is 1. The lowest BCUT2D eigenvalue weighted by molar-refractivity contribution is -0.123. The number of aryl methyl sites for hydroxylation is 2. The molecule has 2 aromatic carbocycles. The van der Waals surface area contributed by atoms with Gasteiger partial charge in [-0.15, -0.1) is 0 Å². The second-order valence-electron chi connectivity index (χ2n) is 6.25. The van der Waals surface area contributed by atoms with Crippen molar-refractivity contribution in [1.29, 1.82) is 5.26 Å². The van der Waals surface area contributed by atoms with Crippen LogP contribution in [-0.2, 0) is 11.3 Å². The maximum atomic E-state index is 12.1. The van der Waals surface area contributed by atoms with Crippen molar-refractivity contribution in [3.05, 3.63) is 64.2 Å². The van der Waals surface area contributed by atoms with Crippen LogP contribution in [0.4, 0.5) is 0 Å². The number of halogens is 1. The van der Waals surface area contributed by atoms with E-state index in [4.69, 9.17) is 16.3 Å². The molecule has 0 saturated carbocycles. The monoisotopic (exact) mass is 370 g/mol. The van der Waals surface area contributed by atoms with E-state index in [0.29, 0.717) is 26.0 Å². The third kappa shape index (κ3) is 5.79. The smallest absolute Gasteiger partial charge is 0.237 e. The van der Waals surface area contributed by atoms with E-state index in [1.807, 2.05) is 56.3 Å². The van der Waals surface area contributed by atoms with Gasteiger partial charge in [0.1, 0.15) is 11.7 Å². The van der Waals surface area contributed by atoms with Gasteiger partial charge < -0.3 is 10.1 Å². The summed E-state index contributed by atoms with van der Waals surface area (Å²) in [4.78, 5) is 12.1. The van der Waals surface area contributed by atoms with Crippen LogP contribution in [0.2, 0.25) is 5.02 Å². The molecule has 0 radical (unpaired) electrons. The summed E-state index contributed by atoms with van der Waals surface area (Å²) in [6.45, 7) is 4.75. The molecule has 2 aromatic rings. The van der Waals surface area contributed by atoms with Crippen molar-refractivity contribution >= 4 is 17.5 Å². The van der Waals surface area contributed by atoms with E-state index in [-0.39, 0.29) is 5.91 Å². The highest BCUT2D eigenvalue weighted by molar-refractivity contribution is 6.32. The molecule has 4 nitrogen and oxygen atoms in total. The predicted molar refractivity (Wildman–Crippen MR) is 103 cm³/mol. The van der Waals surface area contributed by atoms with Gasteiger partial charge in [0.15, 0.2) is 0 Å². The van der Waals surface area contributed by atoms with Crippen LogP contribution in [-0.4, -0.2) is 12.5 Å². The van der Waals surface area contributed by atoms with Gasteiger partial charge in [0.25, 0.3) is 0 Å². The molecule has 1 atom stereocenters. The zero-order valence-corrected chi connectivity index (χ0v) is 15.8. The van der Waals surface area contributed by atoms with E-state index in [2.05, 4.69) is 11.4 Å². The first-order valence-corrected chi connectivity index (χ1v) is 9.00. The summed E-state index contributed by atoms with van der Waals surface area (Å²) in [6.07, 6.45) is 1.08. The number of nitriles is 1. The van der Waals surface area contributed by atoms with Crippen molar-refractivity contribution in [2.24, 2.45) is 5.92 Å². The van der Waals surface area contributed by atoms with Crippen LogP contribution in [0.1, 0.15) is 29.5 Å². The molecule has 0 bridgehead atoms. The molecule has 0 aromatic heterocycles. The summed E-state index contributed by atoms with van der Waals surface area (Å²) < 4.78 is 5.73. The summed E-state index contributed by atoms with van der Waals surface area (Å²) in [5.74, 6) is -0.156. The van der Waals surface area contributed by atoms with E-state index in [9.17, 15) is 10.1 Å². The number of amides is 1. The van der Waals surface area contributed by atoms with E-state index in [1.54, 1.807) is 0 Å². The lowest BCUT2D eigenvalue weighted by atomic mass is 10.0. The normalized spacial score (nSPS) is 11.5. The maximum absolute atomic E-state index is 12.1. The fraction of sp³-hybridized carbons (Fsp3) is 0.333. The van der Waals surface area contributed by atoms with Gasteiger partial charge in [-0.25, -0.2) is 0 Å². The standard InChI is InChI=1S/C21H23ClN2O2/c1-15-11-19(12-16(2)20(15)22)26-10-6-9-18(13-23)21(25)24-14-17-7-4-3-5-8-17/h3-5,7-8,11-12,18H,6,9-10,14H2,1-2H3,(H,24,25). The second-order valence-corrected chi connectivity index (χ2v) is 6.62. The van der Waals surface area contributed by atoms with Crippen LogP contribution in [0, 0.1) is 31.1 Å². The van der Waals surface area contributed by atoms with Gasteiger partial charge in [-0.2, -0.15) is 5.26 Å². The number of ether oxygens (including phenoxy) is 1. The molecule has 1 amide bonds. The van der Waals surface area contributed by atoms with Crippen molar-refractivity contribution in [3.63, 3.8) is 0 Å². The number of hydrogen-bond donors (Lipinski definition) is 1. The molecule has 0 spiro atoms. The third-order valence-corrected chi connectivity index (χ3v) is 4.69. The number of hydrogen-bond acceptors (Lipinski definition) is 3. The predicted octanol–water partition coefficient (Wildman–Crippen LogP) is 4.57. The molecular weight excluding hydrogens is 348 g/mol. The SMILES string of the molecule is Cc1cc(OCCCC(C#N)C(=O)NCc2ccccc2)cc(C)c1Cl. The Morgan fingerprint density at radius 2 is 1.88 bits per heavy atom. The van der Waals surface area contributed by atoms with Gasteiger partial charge in [-0.05, 0) is 55.5 Å². The van der Waals surface area contributed by atoms with E-state index in [1.165, 1.54) is 0 Å².